The van der Waals surface area contributed by atoms with Crippen molar-refractivity contribution < 1.29 is 85.9 Å². The number of aliphatic carboxylic acids is 1. The van der Waals surface area contributed by atoms with Gasteiger partial charge in [-0.1, -0.05) is 158 Å². The van der Waals surface area contributed by atoms with Crippen LogP contribution in [0.15, 0.2) is 182 Å². The van der Waals surface area contributed by atoms with Crippen LogP contribution < -0.4 is 61.2 Å². The Balaban J connectivity index is 0.000000216. The van der Waals surface area contributed by atoms with E-state index in [0.717, 1.165) is 76.3 Å². The van der Waals surface area contributed by atoms with Gasteiger partial charge in [-0.2, -0.15) is 0 Å². The Bertz CT molecular complexity index is 2670. The molecule has 0 aliphatic carbocycles. The molecular weight excluding hydrogens is 980 g/mol. The van der Waals surface area contributed by atoms with Crippen LogP contribution in [-0.2, 0) is 23.9 Å². The monoisotopic (exact) mass is 1050 g/mol. The molecule has 0 saturated carbocycles. The number of benzene rings is 6. The van der Waals surface area contributed by atoms with Gasteiger partial charge in [0, 0.05) is 49.4 Å². The molecule has 6 aromatic carbocycles. The zero-order valence-corrected chi connectivity index (χ0v) is 47.2. The summed E-state index contributed by atoms with van der Waals surface area (Å²) >= 11 is 0. The van der Waals surface area contributed by atoms with Gasteiger partial charge in [-0.3, -0.25) is 19.2 Å². The molecule has 13 nitrogen and oxygen atoms in total. The quantitative estimate of drug-likeness (QED) is 0.0827. The third-order valence-corrected chi connectivity index (χ3v) is 15.8. The van der Waals surface area contributed by atoms with Crippen molar-refractivity contribution in [2.75, 3.05) is 82.1 Å². The maximum Gasteiger partial charge on any atom is 1.00 e. The summed E-state index contributed by atoms with van der Waals surface area (Å²) in [5.74, 6) is -0.680. The third-order valence-electron chi connectivity index (χ3n) is 15.8. The first kappa shape index (κ1) is 58.0. The van der Waals surface area contributed by atoms with Crippen molar-refractivity contribution in [1.82, 2.24) is 19.6 Å². The molecule has 4 aliphatic rings. The van der Waals surface area contributed by atoms with Crippen molar-refractivity contribution >= 4 is 35.1 Å². The van der Waals surface area contributed by atoms with Crippen LogP contribution >= 0.6 is 0 Å². The summed E-state index contributed by atoms with van der Waals surface area (Å²) in [6.45, 7) is 7.80. The van der Waals surface area contributed by atoms with E-state index in [9.17, 15) is 24.3 Å². The van der Waals surface area contributed by atoms with Crippen LogP contribution in [0.4, 0.5) is 11.4 Å². The SMILES string of the molecule is CCOC(=O)CN1CN(c2ccccc2)C2(CCN(CCC(c3ccccc3)c3ccccc3)CC2)C1=O.O=C(O)CN1CN(c2ccccc2)C2(CCN(CCC(c3ccccc3)c3ccccc3)CC2)C1=O.[K+].[OH-]. The molecule has 4 aliphatic heterocycles. The van der Waals surface area contributed by atoms with Crippen LogP contribution in [0.25, 0.3) is 0 Å². The van der Waals surface area contributed by atoms with E-state index in [-0.39, 0.29) is 87.7 Å². The second-order valence-electron chi connectivity index (χ2n) is 20.1. The van der Waals surface area contributed by atoms with E-state index >= 15 is 0 Å². The fraction of sp³-hybridized carbons (Fsp3) is 0.355. The molecule has 4 saturated heterocycles. The smallest absolute Gasteiger partial charge is 0.870 e. The van der Waals surface area contributed by atoms with E-state index in [1.807, 2.05) is 48.5 Å². The molecule has 10 rings (SSSR count). The molecule has 2 amide bonds. The molecular formula is C62H71KN6O7. The van der Waals surface area contributed by atoms with Crippen LogP contribution in [0.2, 0.25) is 0 Å². The van der Waals surface area contributed by atoms with Crippen LogP contribution in [0, 0.1) is 0 Å². The maximum atomic E-state index is 13.8. The first-order valence-electron chi connectivity index (χ1n) is 26.4. The summed E-state index contributed by atoms with van der Waals surface area (Å²) in [7, 11) is 0. The number of carboxylic acids is 1. The summed E-state index contributed by atoms with van der Waals surface area (Å²) in [5, 5.41) is 9.37. The number of ether oxygens (including phenoxy) is 1. The Morgan fingerprint density at radius 2 is 0.803 bits per heavy atom. The van der Waals surface area contributed by atoms with Gasteiger partial charge in [0.25, 0.3) is 11.8 Å². The Morgan fingerprint density at radius 3 is 1.11 bits per heavy atom. The molecule has 4 fully saturated rings. The number of hydrogen-bond donors (Lipinski definition) is 1. The topological polar surface area (TPSA) is 147 Å². The van der Waals surface area contributed by atoms with E-state index in [1.165, 1.54) is 27.2 Å². The minimum Gasteiger partial charge on any atom is -0.870 e. The van der Waals surface area contributed by atoms with Crippen LogP contribution in [0.1, 0.15) is 79.5 Å². The number of nitrogens with zero attached hydrogens (tertiary/aromatic N) is 6. The normalized spacial score (nSPS) is 17.1. The van der Waals surface area contributed by atoms with Gasteiger partial charge in [0.1, 0.15) is 24.2 Å². The second kappa shape index (κ2) is 27.6. The molecule has 0 atom stereocenters. The largest absolute Gasteiger partial charge is 1.00 e. The molecule has 0 bridgehead atoms. The summed E-state index contributed by atoms with van der Waals surface area (Å²) in [6.07, 6.45) is 4.88. The Labute approximate surface area is 491 Å². The van der Waals surface area contributed by atoms with Crippen molar-refractivity contribution in [3.8, 4) is 0 Å². The van der Waals surface area contributed by atoms with E-state index in [2.05, 4.69) is 153 Å². The van der Waals surface area contributed by atoms with Gasteiger partial charge < -0.3 is 44.7 Å². The number of likely N-dealkylation sites (tertiary alicyclic amines) is 2. The summed E-state index contributed by atoms with van der Waals surface area (Å²) in [6, 6.07) is 62.8. The van der Waals surface area contributed by atoms with Gasteiger partial charge in [0.15, 0.2) is 0 Å². The van der Waals surface area contributed by atoms with Gasteiger partial charge in [0.2, 0.25) is 0 Å². The summed E-state index contributed by atoms with van der Waals surface area (Å²) in [4.78, 5) is 63.5. The van der Waals surface area contributed by atoms with E-state index < -0.39 is 17.0 Å². The van der Waals surface area contributed by atoms with E-state index in [0.29, 0.717) is 44.6 Å². The first-order chi connectivity index (χ1) is 36.2. The average molecular weight is 1050 g/mol. The zero-order valence-electron chi connectivity index (χ0n) is 44.1. The minimum absolute atomic E-state index is 0. The van der Waals surface area contributed by atoms with Crippen LogP contribution in [0.3, 0.4) is 0 Å². The van der Waals surface area contributed by atoms with Gasteiger partial charge in [-0.25, -0.2) is 0 Å². The summed E-state index contributed by atoms with van der Waals surface area (Å²) < 4.78 is 5.15. The van der Waals surface area contributed by atoms with Crippen molar-refractivity contribution in [1.29, 1.82) is 0 Å². The van der Waals surface area contributed by atoms with Gasteiger partial charge >= 0.3 is 63.3 Å². The third kappa shape index (κ3) is 13.5. The van der Waals surface area contributed by atoms with Gasteiger partial charge in [-0.15, -0.1) is 0 Å². The molecule has 6 aromatic rings. The second-order valence-corrected chi connectivity index (χ2v) is 20.1. The van der Waals surface area contributed by atoms with Crippen molar-refractivity contribution in [2.24, 2.45) is 0 Å². The fourth-order valence-corrected chi connectivity index (χ4v) is 11.9. The van der Waals surface area contributed by atoms with Gasteiger partial charge in [0.05, 0.1) is 19.9 Å². The first-order valence-corrected chi connectivity index (χ1v) is 26.4. The maximum absolute atomic E-state index is 13.8. The number of carbonyl (C=O) groups is 4. The molecule has 14 heteroatoms. The Kier molecular flexibility index (Phi) is 21.0. The van der Waals surface area contributed by atoms with E-state index in [4.69, 9.17) is 4.74 Å². The van der Waals surface area contributed by atoms with Crippen molar-refractivity contribution in [3.05, 3.63) is 204 Å². The van der Waals surface area contributed by atoms with Gasteiger partial charge in [-0.05, 0) is 105 Å². The van der Waals surface area contributed by atoms with Crippen molar-refractivity contribution in [2.45, 2.75) is 68.4 Å². The molecule has 0 unspecified atom stereocenters. The Hall–Kier alpha value is -5.68. The molecule has 76 heavy (non-hydrogen) atoms. The predicted molar refractivity (Wildman–Crippen MR) is 293 cm³/mol. The standard InChI is InChI=1S/C32H37N3O3.C30H33N3O3.K.H2O/c1-2-38-30(36)24-34-25-35(28-16-10-5-11-17-28)32(31(34)37)19-22-33(23-20-32)21-18-29(26-12-6-3-7-13-26)27-14-8-4-9-15-27;34-28(35)22-32-23-33(26-14-8-3-9-15-26)30(29(32)36)17-20-31(21-18-30)19-16-27(24-10-4-1-5-11-24)25-12-6-2-7-13-25;;/h3-17,29H,2,18-25H2,1H3;1-15,27H,16-23H2,(H,34,35);;1H2/q;;+1;/p-1. The number of rotatable bonds is 17. The summed E-state index contributed by atoms with van der Waals surface area (Å²) in [5.41, 5.74) is 6.01. The number of hydrogen-bond acceptors (Lipinski definition) is 10. The van der Waals surface area contributed by atoms with Crippen molar-refractivity contribution in [3.63, 3.8) is 0 Å². The molecule has 2 spiro atoms. The minimum atomic E-state index is -0.973. The van der Waals surface area contributed by atoms with Crippen LogP contribution in [0.5, 0.6) is 0 Å². The number of anilines is 2. The number of amides is 2. The zero-order chi connectivity index (χ0) is 51.3. The molecule has 2 N–H and O–H groups in total. The molecule has 4 heterocycles. The number of carboxylic acid groups (broad SMARTS) is 1. The number of esters is 1. The molecule has 392 valence electrons. The number of para-hydroxylation sites is 2. The number of piperidine rings is 2. The number of carbonyl (C=O) groups excluding carboxylic acids is 3. The van der Waals surface area contributed by atoms with Crippen LogP contribution in [-0.4, -0.2) is 137 Å². The fourth-order valence-electron chi connectivity index (χ4n) is 11.9. The molecule has 0 aromatic heterocycles. The Morgan fingerprint density at radius 1 is 0.500 bits per heavy atom. The van der Waals surface area contributed by atoms with E-state index in [1.54, 1.807) is 11.8 Å². The predicted octanol–water partition coefficient (Wildman–Crippen LogP) is 6.17. The average Bonchev–Trinajstić information content (AvgIpc) is 3.86. The molecule has 0 radical (unpaired) electrons.